The van der Waals surface area contributed by atoms with Crippen molar-refractivity contribution in [2.45, 2.75) is 20.0 Å². The van der Waals surface area contributed by atoms with Crippen LogP contribution >= 0.6 is 0 Å². The van der Waals surface area contributed by atoms with Gasteiger partial charge in [-0.3, -0.25) is 4.79 Å². The number of aryl methyl sites for hydroxylation is 2. The van der Waals surface area contributed by atoms with Crippen molar-refractivity contribution in [3.05, 3.63) is 71.1 Å². The molecule has 0 fully saturated rings. The van der Waals surface area contributed by atoms with Crippen LogP contribution in [0.3, 0.4) is 0 Å². The molecular weight excluding hydrogens is 432 g/mol. The molecule has 32 heavy (non-hydrogen) atoms. The Hall–Kier alpha value is -4.16. The third kappa shape index (κ3) is 3.91. The Kier molecular flexibility index (Phi) is 5.16. The zero-order chi connectivity index (χ0) is 23.0. The molecule has 0 saturated heterocycles. The molecule has 164 valence electrons. The third-order valence-corrected chi connectivity index (χ3v) is 4.53. The highest BCUT2D eigenvalue weighted by molar-refractivity contribution is 6.04. The number of hydrogen-bond acceptors (Lipinski definition) is 6. The second-order valence-corrected chi connectivity index (χ2v) is 6.77. The van der Waals surface area contributed by atoms with Gasteiger partial charge in [0.05, 0.1) is 11.4 Å². The molecule has 4 rings (SSSR count). The third-order valence-electron chi connectivity index (χ3n) is 4.53. The molecule has 0 bridgehead atoms. The van der Waals surface area contributed by atoms with Gasteiger partial charge < -0.3 is 5.32 Å². The number of nitrogens with one attached hydrogen (secondary N) is 1. The molecule has 0 atom stereocenters. The highest BCUT2D eigenvalue weighted by atomic mass is 19.4. The minimum Gasteiger partial charge on any atom is -0.320 e. The van der Waals surface area contributed by atoms with Crippen LogP contribution in [0.1, 0.15) is 27.6 Å². The zero-order valence-corrected chi connectivity index (χ0v) is 16.6. The largest absolute Gasteiger partial charge is 0.435 e. The number of rotatable bonds is 4. The SMILES string of the molecule is Cc1ccc(NC(=O)c2nnn(-c3cccc(F)c3)c2C(F)(F)F)cc1-n1nnnc1C. The van der Waals surface area contributed by atoms with Gasteiger partial charge in [0.1, 0.15) is 5.82 Å². The Morgan fingerprint density at radius 3 is 2.44 bits per heavy atom. The summed E-state index contributed by atoms with van der Waals surface area (Å²) in [5.74, 6) is -1.42. The van der Waals surface area contributed by atoms with Crippen LogP contribution in [-0.4, -0.2) is 41.1 Å². The van der Waals surface area contributed by atoms with Gasteiger partial charge in [0.2, 0.25) is 0 Å². The molecular formula is C19H14F4N8O. The van der Waals surface area contributed by atoms with E-state index in [1.165, 1.54) is 28.9 Å². The molecule has 4 aromatic rings. The van der Waals surface area contributed by atoms with Crippen LogP contribution in [-0.2, 0) is 6.18 Å². The summed E-state index contributed by atoms with van der Waals surface area (Å²) < 4.78 is 56.6. The average molecular weight is 446 g/mol. The van der Waals surface area contributed by atoms with E-state index in [0.717, 1.165) is 17.7 Å². The highest BCUT2D eigenvalue weighted by Gasteiger charge is 2.42. The van der Waals surface area contributed by atoms with E-state index < -0.39 is 29.3 Å². The van der Waals surface area contributed by atoms with Gasteiger partial charge in [0.25, 0.3) is 5.91 Å². The van der Waals surface area contributed by atoms with Crippen LogP contribution in [0.2, 0.25) is 0 Å². The Bertz CT molecular complexity index is 1310. The van der Waals surface area contributed by atoms with Crippen molar-refractivity contribution in [2.24, 2.45) is 0 Å². The molecule has 1 amide bonds. The average Bonchev–Trinajstić information content (AvgIpc) is 3.36. The fraction of sp³-hybridized carbons (Fsp3) is 0.158. The first-order chi connectivity index (χ1) is 15.1. The number of hydrogen-bond donors (Lipinski definition) is 1. The normalized spacial score (nSPS) is 11.6. The number of carbonyl (C=O) groups excluding carboxylic acids is 1. The molecule has 0 aliphatic heterocycles. The lowest BCUT2D eigenvalue weighted by Gasteiger charge is -2.12. The van der Waals surface area contributed by atoms with Gasteiger partial charge >= 0.3 is 6.18 Å². The molecule has 0 unspecified atom stereocenters. The smallest absolute Gasteiger partial charge is 0.320 e. The Morgan fingerprint density at radius 2 is 1.78 bits per heavy atom. The number of anilines is 1. The lowest BCUT2D eigenvalue weighted by molar-refractivity contribution is -0.143. The summed E-state index contributed by atoms with van der Waals surface area (Å²) in [4.78, 5) is 12.7. The van der Waals surface area contributed by atoms with Crippen LogP contribution in [0, 0.1) is 19.7 Å². The zero-order valence-electron chi connectivity index (χ0n) is 16.6. The summed E-state index contributed by atoms with van der Waals surface area (Å²) in [6.45, 7) is 3.46. The second kappa shape index (κ2) is 7.83. The molecule has 13 heteroatoms. The lowest BCUT2D eigenvalue weighted by Crippen LogP contribution is -2.21. The summed E-state index contributed by atoms with van der Waals surface area (Å²) in [6.07, 6.45) is -4.98. The van der Waals surface area contributed by atoms with Gasteiger partial charge in [0, 0.05) is 5.69 Å². The maximum absolute atomic E-state index is 13.8. The molecule has 0 aliphatic carbocycles. The van der Waals surface area contributed by atoms with Crippen molar-refractivity contribution in [1.82, 2.24) is 35.2 Å². The van der Waals surface area contributed by atoms with Gasteiger partial charge in [-0.1, -0.05) is 17.3 Å². The molecule has 2 heterocycles. The summed E-state index contributed by atoms with van der Waals surface area (Å²) >= 11 is 0. The lowest BCUT2D eigenvalue weighted by atomic mass is 10.1. The Morgan fingerprint density at radius 1 is 1.00 bits per heavy atom. The van der Waals surface area contributed by atoms with Gasteiger partial charge in [-0.2, -0.15) is 17.9 Å². The number of alkyl halides is 3. The number of tetrazole rings is 1. The van der Waals surface area contributed by atoms with Gasteiger partial charge in [0.15, 0.2) is 17.2 Å². The number of aromatic nitrogens is 7. The van der Waals surface area contributed by atoms with Crippen LogP contribution in [0.5, 0.6) is 0 Å². The van der Waals surface area contributed by atoms with E-state index in [4.69, 9.17) is 0 Å². The number of benzene rings is 2. The van der Waals surface area contributed by atoms with Crippen molar-refractivity contribution in [1.29, 1.82) is 0 Å². The number of carbonyl (C=O) groups is 1. The Balaban J connectivity index is 1.71. The first kappa shape index (κ1) is 21.1. The quantitative estimate of drug-likeness (QED) is 0.483. The van der Waals surface area contributed by atoms with E-state index >= 15 is 0 Å². The summed E-state index contributed by atoms with van der Waals surface area (Å²) in [5, 5.41) is 20.4. The van der Waals surface area contributed by atoms with Crippen LogP contribution in [0.25, 0.3) is 11.4 Å². The monoisotopic (exact) mass is 446 g/mol. The van der Waals surface area contributed by atoms with E-state index in [9.17, 15) is 22.4 Å². The summed E-state index contributed by atoms with van der Waals surface area (Å²) in [6, 6.07) is 9.05. The van der Waals surface area contributed by atoms with Gasteiger partial charge in [-0.25, -0.2) is 9.07 Å². The van der Waals surface area contributed by atoms with E-state index in [1.807, 2.05) is 0 Å². The standard InChI is InChI=1S/C19H14F4N8O/c1-10-6-7-13(9-15(10)30-11(2)25-27-29-30)24-18(32)16-17(19(21,22)23)31(28-26-16)14-5-3-4-12(20)8-14/h3-9H,1-2H3,(H,24,32). The number of amides is 1. The van der Waals surface area contributed by atoms with E-state index in [-0.39, 0.29) is 11.4 Å². The highest BCUT2D eigenvalue weighted by Crippen LogP contribution is 2.33. The molecule has 2 aromatic heterocycles. The molecule has 0 aliphatic rings. The van der Waals surface area contributed by atoms with E-state index in [1.54, 1.807) is 19.9 Å². The van der Waals surface area contributed by atoms with Crippen LogP contribution in [0.4, 0.5) is 23.2 Å². The predicted octanol–water partition coefficient (Wildman–Crippen LogP) is 3.27. The maximum Gasteiger partial charge on any atom is 0.435 e. The van der Waals surface area contributed by atoms with E-state index in [2.05, 4.69) is 31.2 Å². The van der Waals surface area contributed by atoms with Gasteiger partial charge in [-0.05, 0) is 60.2 Å². The number of nitrogens with zero attached hydrogens (tertiary/aromatic N) is 7. The van der Waals surface area contributed by atoms with Crippen molar-refractivity contribution < 1.29 is 22.4 Å². The minimum absolute atomic E-state index is 0.193. The summed E-state index contributed by atoms with van der Waals surface area (Å²) in [7, 11) is 0. The van der Waals surface area contributed by atoms with Crippen molar-refractivity contribution in [3.63, 3.8) is 0 Å². The summed E-state index contributed by atoms with van der Waals surface area (Å²) in [5.41, 5.74) is -1.11. The topological polar surface area (TPSA) is 103 Å². The molecule has 0 saturated carbocycles. The van der Waals surface area contributed by atoms with Crippen molar-refractivity contribution >= 4 is 11.6 Å². The number of halogens is 4. The van der Waals surface area contributed by atoms with Crippen LogP contribution in [0.15, 0.2) is 42.5 Å². The van der Waals surface area contributed by atoms with Crippen molar-refractivity contribution in [2.75, 3.05) is 5.32 Å². The van der Waals surface area contributed by atoms with Gasteiger partial charge in [-0.15, -0.1) is 10.2 Å². The van der Waals surface area contributed by atoms with E-state index in [0.29, 0.717) is 16.2 Å². The fourth-order valence-electron chi connectivity index (χ4n) is 3.04. The maximum atomic E-state index is 13.8. The molecule has 2 aromatic carbocycles. The minimum atomic E-state index is -4.98. The molecule has 0 radical (unpaired) electrons. The molecule has 9 nitrogen and oxygen atoms in total. The fourth-order valence-corrected chi connectivity index (χ4v) is 3.04. The van der Waals surface area contributed by atoms with Crippen LogP contribution < -0.4 is 5.32 Å². The Labute approximate surface area is 177 Å². The first-order valence-electron chi connectivity index (χ1n) is 9.11. The predicted molar refractivity (Wildman–Crippen MR) is 103 cm³/mol. The van der Waals surface area contributed by atoms with Crippen molar-refractivity contribution in [3.8, 4) is 11.4 Å². The second-order valence-electron chi connectivity index (χ2n) is 6.77. The molecule has 0 spiro atoms. The molecule has 1 N–H and O–H groups in total. The first-order valence-corrected chi connectivity index (χ1v) is 9.11.